The van der Waals surface area contributed by atoms with Crippen LogP contribution in [-0.2, 0) is 0 Å². The average molecular weight is 293 g/mol. The van der Waals surface area contributed by atoms with Gasteiger partial charge in [0.05, 0.1) is 12.1 Å². The minimum Gasteiger partial charge on any atom is -0.493 e. The van der Waals surface area contributed by atoms with Crippen LogP contribution in [0.15, 0.2) is 30.3 Å². The van der Waals surface area contributed by atoms with E-state index in [1.165, 1.54) is 12.8 Å². The second-order valence-corrected chi connectivity index (χ2v) is 5.28. The molecular formula is C16H21ClN2O. The molecule has 2 aromatic rings. The number of hydrogen-bond acceptors (Lipinski definition) is 3. The summed E-state index contributed by atoms with van der Waals surface area (Å²) in [7, 11) is 0. The van der Waals surface area contributed by atoms with E-state index in [2.05, 4.69) is 16.4 Å². The molecule has 0 aliphatic carbocycles. The van der Waals surface area contributed by atoms with Crippen LogP contribution in [0.1, 0.15) is 18.5 Å². The first-order valence-electron chi connectivity index (χ1n) is 7.03. The molecule has 1 N–H and O–H groups in total. The minimum absolute atomic E-state index is 0. The Morgan fingerprint density at radius 2 is 2.00 bits per heavy atom. The first-order chi connectivity index (χ1) is 9.33. The highest BCUT2D eigenvalue weighted by molar-refractivity contribution is 5.85. The summed E-state index contributed by atoms with van der Waals surface area (Å²) in [6.07, 6.45) is 2.42. The number of aryl methyl sites for hydroxylation is 1. The molecular weight excluding hydrogens is 272 g/mol. The van der Waals surface area contributed by atoms with Crippen molar-refractivity contribution in [3.05, 3.63) is 36.0 Å². The van der Waals surface area contributed by atoms with Crippen LogP contribution in [0.5, 0.6) is 5.75 Å². The fourth-order valence-corrected chi connectivity index (χ4v) is 2.64. The molecule has 3 nitrogen and oxygen atoms in total. The normalized spacial score (nSPS) is 15.8. The second-order valence-electron chi connectivity index (χ2n) is 5.28. The minimum atomic E-state index is 0. The summed E-state index contributed by atoms with van der Waals surface area (Å²) in [5, 5.41) is 4.50. The van der Waals surface area contributed by atoms with Crippen LogP contribution in [0.2, 0.25) is 0 Å². The van der Waals surface area contributed by atoms with Crippen molar-refractivity contribution in [2.24, 2.45) is 5.92 Å². The number of piperidine rings is 1. The number of para-hydroxylation sites is 1. The van der Waals surface area contributed by atoms with E-state index in [-0.39, 0.29) is 12.4 Å². The van der Waals surface area contributed by atoms with Crippen LogP contribution in [-0.4, -0.2) is 24.7 Å². The Morgan fingerprint density at radius 1 is 1.25 bits per heavy atom. The van der Waals surface area contributed by atoms with Gasteiger partial charge in [0, 0.05) is 17.1 Å². The monoisotopic (exact) mass is 292 g/mol. The number of hydrogen-bond donors (Lipinski definition) is 1. The van der Waals surface area contributed by atoms with Crippen molar-refractivity contribution < 1.29 is 4.74 Å². The van der Waals surface area contributed by atoms with Gasteiger partial charge < -0.3 is 10.1 Å². The Balaban J connectivity index is 0.00000147. The van der Waals surface area contributed by atoms with Crippen LogP contribution in [0, 0.1) is 12.8 Å². The largest absolute Gasteiger partial charge is 0.493 e. The zero-order valence-corrected chi connectivity index (χ0v) is 12.6. The van der Waals surface area contributed by atoms with Gasteiger partial charge in [-0.15, -0.1) is 12.4 Å². The molecule has 108 valence electrons. The first-order valence-corrected chi connectivity index (χ1v) is 7.03. The molecule has 0 unspecified atom stereocenters. The van der Waals surface area contributed by atoms with E-state index in [0.717, 1.165) is 42.0 Å². The van der Waals surface area contributed by atoms with Crippen molar-refractivity contribution in [3.8, 4) is 5.75 Å². The fourth-order valence-electron chi connectivity index (χ4n) is 2.64. The Bertz CT molecular complexity index is 567. The molecule has 0 amide bonds. The van der Waals surface area contributed by atoms with Crippen LogP contribution in [0.3, 0.4) is 0 Å². The summed E-state index contributed by atoms with van der Waals surface area (Å²) >= 11 is 0. The van der Waals surface area contributed by atoms with Crippen molar-refractivity contribution in [2.45, 2.75) is 19.8 Å². The third-order valence-electron chi connectivity index (χ3n) is 3.74. The molecule has 3 rings (SSSR count). The zero-order chi connectivity index (χ0) is 13.1. The van der Waals surface area contributed by atoms with Gasteiger partial charge >= 0.3 is 0 Å². The van der Waals surface area contributed by atoms with E-state index in [0.29, 0.717) is 5.92 Å². The quantitative estimate of drug-likeness (QED) is 0.942. The Morgan fingerprint density at radius 3 is 2.80 bits per heavy atom. The van der Waals surface area contributed by atoms with E-state index < -0.39 is 0 Å². The Labute approximate surface area is 126 Å². The second kappa shape index (κ2) is 6.91. The van der Waals surface area contributed by atoms with Gasteiger partial charge in [-0.1, -0.05) is 12.1 Å². The topological polar surface area (TPSA) is 34.1 Å². The number of fused-ring (bicyclic) bond motifs is 1. The molecule has 1 aliphatic heterocycles. The maximum Gasteiger partial charge on any atom is 0.130 e. The predicted molar refractivity (Wildman–Crippen MR) is 84.8 cm³/mol. The molecule has 20 heavy (non-hydrogen) atoms. The highest BCUT2D eigenvalue weighted by Crippen LogP contribution is 2.26. The van der Waals surface area contributed by atoms with Crippen molar-refractivity contribution >= 4 is 23.3 Å². The van der Waals surface area contributed by atoms with Gasteiger partial charge in [0.1, 0.15) is 5.75 Å². The van der Waals surface area contributed by atoms with Crippen LogP contribution < -0.4 is 10.1 Å². The molecule has 0 spiro atoms. The van der Waals surface area contributed by atoms with E-state index in [1.807, 2.05) is 31.2 Å². The molecule has 4 heteroatoms. The first kappa shape index (κ1) is 15.1. The summed E-state index contributed by atoms with van der Waals surface area (Å²) in [5.74, 6) is 1.65. The van der Waals surface area contributed by atoms with Crippen LogP contribution in [0.25, 0.3) is 10.9 Å². The van der Waals surface area contributed by atoms with Gasteiger partial charge in [0.15, 0.2) is 0 Å². The number of ether oxygens (including phenoxy) is 1. The number of rotatable bonds is 3. The summed E-state index contributed by atoms with van der Waals surface area (Å²) < 4.78 is 6.07. The zero-order valence-electron chi connectivity index (χ0n) is 11.8. The lowest BCUT2D eigenvalue weighted by Gasteiger charge is -2.23. The maximum atomic E-state index is 6.07. The third kappa shape index (κ3) is 3.41. The molecule has 1 aromatic heterocycles. The molecule has 1 aromatic carbocycles. The van der Waals surface area contributed by atoms with Crippen molar-refractivity contribution in [1.29, 1.82) is 0 Å². The third-order valence-corrected chi connectivity index (χ3v) is 3.74. The van der Waals surface area contributed by atoms with Crippen molar-refractivity contribution in [2.75, 3.05) is 19.7 Å². The van der Waals surface area contributed by atoms with Crippen LogP contribution in [0.4, 0.5) is 0 Å². The van der Waals surface area contributed by atoms with E-state index in [4.69, 9.17) is 4.74 Å². The SMILES string of the molecule is Cc1cc(OCC2CCNCC2)c2ccccc2n1.Cl. The van der Waals surface area contributed by atoms with Gasteiger partial charge in [-0.05, 0) is 50.9 Å². The predicted octanol–water partition coefficient (Wildman–Crippen LogP) is 3.34. The fraction of sp³-hybridized carbons (Fsp3) is 0.438. The number of pyridine rings is 1. The van der Waals surface area contributed by atoms with Crippen molar-refractivity contribution in [1.82, 2.24) is 10.3 Å². The van der Waals surface area contributed by atoms with Gasteiger partial charge in [0.2, 0.25) is 0 Å². The van der Waals surface area contributed by atoms with Gasteiger partial charge in [-0.2, -0.15) is 0 Å². The summed E-state index contributed by atoms with van der Waals surface area (Å²) in [6.45, 7) is 5.06. The van der Waals surface area contributed by atoms with E-state index >= 15 is 0 Å². The number of nitrogens with zero attached hydrogens (tertiary/aromatic N) is 1. The molecule has 0 radical (unpaired) electrons. The highest BCUT2D eigenvalue weighted by Gasteiger charge is 2.14. The van der Waals surface area contributed by atoms with Gasteiger partial charge in [0.25, 0.3) is 0 Å². The lowest BCUT2D eigenvalue weighted by molar-refractivity contribution is 0.217. The Hall–Kier alpha value is -1.32. The van der Waals surface area contributed by atoms with E-state index in [9.17, 15) is 0 Å². The number of nitrogens with one attached hydrogen (secondary N) is 1. The van der Waals surface area contributed by atoms with Gasteiger partial charge in [-0.25, -0.2) is 0 Å². The highest BCUT2D eigenvalue weighted by atomic mass is 35.5. The summed E-state index contributed by atoms with van der Waals surface area (Å²) in [6, 6.07) is 10.2. The summed E-state index contributed by atoms with van der Waals surface area (Å²) in [5.41, 5.74) is 2.03. The standard InChI is InChI=1S/C16H20N2O.ClH/c1-12-10-16(14-4-2-3-5-15(14)18-12)19-11-13-6-8-17-9-7-13;/h2-5,10,13,17H,6-9,11H2,1H3;1H. The molecule has 0 saturated carbocycles. The molecule has 1 aliphatic rings. The lowest BCUT2D eigenvalue weighted by atomic mass is 9.99. The maximum absolute atomic E-state index is 6.07. The molecule has 2 heterocycles. The average Bonchev–Trinajstić information content (AvgIpc) is 2.45. The molecule has 1 fully saturated rings. The lowest BCUT2D eigenvalue weighted by Crippen LogP contribution is -2.30. The van der Waals surface area contributed by atoms with Gasteiger partial charge in [-0.3, -0.25) is 4.98 Å². The molecule has 1 saturated heterocycles. The molecule has 0 atom stereocenters. The Kier molecular flexibility index (Phi) is 5.21. The number of aromatic nitrogens is 1. The number of halogens is 1. The van der Waals surface area contributed by atoms with Crippen molar-refractivity contribution in [3.63, 3.8) is 0 Å². The smallest absolute Gasteiger partial charge is 0.130 e. The van der Waals surface area contributed by atoms with Crippen LogP contribution >= 0.6 is 12.4 Å². The summed E-state index contributed by atoms with van der Waals surface area (Å²) in [4.78, 5) is 4.54. The van der Waals surface area contributed by atoms with E-state index in [1.54, 1.807) is 0 Å². The molecule has 0 bridgehead atoms. The number of benzene rings is 1.